The highest BCUT2D eigenvalue weighted by molar-refractivity contribution is 7.46. The van der Waals surface area contributed by atoms with Crippen LogP contribution >= 0.6 is 7.82 Å². The third kappa shape index (κ3) is 3.93. The van der Waals surface area contributed by atoms with Gasteiger partial charge in [-0.1, -0.05) is 0 Å². The Morgan fingerprint density at radius 2 is 2.16 bits per heavy atom. The van der Waals surface area contributed by atoms with E-state index in [1.165, 1.54) is 37.0 Å². The number of nitrogens with zero attached hydrogens (tertiary/aromatic N) is 3. The van der Waals surface area contributed by atoms with Gasteiger partial charge in [0, 0.05) is 23.9 Å². The van der Waals surface area contributed by atoms with Gasteiger partial charge in [-0.15, -0.1) is 0 Å². The molecular formula is C17H20N5O9P. The monoisotopic (exact) mass is 469 g/mol. The van der Waals surface area contributed by atoms with Crippen LogP contribution in [-0.4, -0.2) is 70.3 Å². The maximum absolute atomic E-state index is 12.3. The number of carbonyl (C=O) groups is 1. The molecule has 14 nitrogen and oxygen atoms in total. The second kappa shape index (κ2) is 7.71. The van der Waals surface area contributed by atoms with E-state index in [1.807, 2.05) is 0 Å². The number of aromatic nitrogens is 4. The average molecular weight is 469 g/mol. The number of carbonyl (C=O) groups excluding carboxylic acids is 1. The number of amides is 1. The molecule has 1 fully saturated rings. The third-order valence-corrected chi connectivity index (χ3v) is 5.65. The van der Waals surface area contributed by atoms with Crippen molar-refractivity contribution in [1.29, 1.82) is 0 Å². The maximum atomic E-state index is 12.3. The van der Waals surface area contributed by atoms with Gasteiger partial charge in [-0.05, 0) is 13.0 Å². The second-order valence-electron chi connectivity index (χ2n) is 7.62. The summed E-state index contributed by atoms with van der Waals surface area (Å²) in [6.45, 7) is 1.88. The van der Waals surface area contributed by atoms with Crippen LogP contribution in [0.4, 0.5) is 5.69 Å². The lowest BCUT2D eigenvalue weighted by molar-refractivity contribution is -0.114. The SMILES string of the molecule is CC(=O)Nc1cc2c(=O)[nH]ncc3nn([C@@H]4O[C@H](COP(=O)(O)O)[C@@H](O)[C@@]4(C)O)cc1c32. The van der Waals surface area contributed by atoms with Crippen molar-refractivity contribution in [3.63, 3.8) is 0 Å². The van der Waals surface area contributed by atoms with E-state index >= 15 is 0 Å². The molecule has 0 aliphatic carbocycles. The van der Waals surface area contributed by atoms with E-state index in [-0.39, 0.29) is 16.8 Å². The fourth-order valence-corrected chi connectivity index (χ4v) is 4.09. The van der Waals surface area contributed by atoms with Crippen LogP contribution in [0.1, 0.15) is 20.1 Å². The summed E-state index contributed by atoms with van der Waals surface area (Å²) in [6, 6.07) is 1.46. The molecule has 15 heteroatoms. The minimum absolute atomic E-state index is 0.219. The topological polar surface area (TPSA) is 209 Å². The van der Waals surface area contributed by atoms with Gasteiger partial charge in [0.2, 0.25) is 5.91 Å². The first kappa shape index (κ1) is 22.5. The number of aromatic amines is 1. The quantitative estimate of drug-likeness (QED) is 0.259. The Hall–Kier alpha value is -2.71. The molecule has 32 heavy (non-hydrogen) atoms. The zero-order valence-electron chi connectivity index (χ0n) is 16.8. The summed E-state index contributed by atoms with van der Waals surface area (Å²) in [4.78, 5) is 41.8. The Bertz CT molecular complexity index is 1310. The van der Waals surface area contributed by atoms with Gasteiger partial charge >= 0.3 is 7.82 Å². The van der Waals surface area contributed by atoms with Crippen molar-refractivity contribution < 1.29 is 38.6 Å². The molecule has 0 bridgehead atoms. The van der Waals surface area contributed by atoms with Gasteiger partial charge in [0.1, 0.15) is 23.3 Å². The standard InChI is InChI=1S/C17H20N5O9P/c1-7(23)19-10-3-8-13-9(10)5-22(21-11(13)4-18-20-15(8)25)16-17(2,26)14(24)12(31-16)6-30-32(27,28)29/h3-5,12,14,16,24,26H,6H2,1-2H3,(H,19,23)(H,20,25)(H2,27,28,29)/t12-,14-,16-,17-/m1/s1. The van der Waals surface area contributed by atoms with E-state index in [0.29, 0.717) is 16.5 Å². The van der Waals surface area contributed by atoms with Crippen LogP contribution in [0.25, 0.3) is 21.7 Å². The molecule has 1 aromatic carbocycles. The minimum atomic E-state index is -4.84. The summed E-state index contributed by atoms with van der Waals surface area (Å²) < 4.78 is 22.2. The predicted octanol–water partition coefficient (Wildman–Crippen LogP) is -0.650. The Balaban J connectivity index is 1.84. The van der Waals surface area contributed by atoms with Crippen LogP contribution in [0.5, 0.6) is 0 Å². The van der Waals surface area contributed by atoms with Crippen LogP contribution in [0.3, 0.4) is 0 Å². The van der Waals surface area contributed by atoms with Gasteiger partial charge in [0.05, 0.1) is 23.9 Å². The molecule has 3 heterocycles. The average Bonchev–Trinajstić information content (AvgIpc) is 3.08. The fourth-order valence-electron chi connectivity index (χ4n) is 3.75. The van der Waals surface area contributed by atoms with Gasteiger partial charge in [0.25, 0.3) is 5.56 Å². The normalized spacial score (nSPS) is 26.1. The molecule has 6 N–H and O–H groups in total. The van der Waals surface area contributed by atoms with E-state index < -0.39 is 44.0 Å². The number of aliphatic hydroxyl groups excluding tert-OH is 1. The molecule has 172 valence electrons. The van der Waals surface area contributed by atoms with Gasteiger partial charge < -0.3 is 30.1 Å². The summed E-state index contributed by atoms with van der Waals surface area (Å²) in [5.74, 6) is -0.381. The maximum Gasteiger partial charge on any atom is 0.469 e. The van der Waals surface area contributed by atoms with Crippen molar-refractivity contribution in [2.45, 2.75) is 37.9 Å². The van der Waals surface area contributed by atoms with Crippen molar-refractivity contribution in [1.82, 2.24) is 20.0 Å². The largest absolute Gasteiger partial charge is 0.469 e. The van der Waals surface area contributed by atoms with E-state index in [9.17, 15) is 24.4 Å². The molecule has 1 aliphatic rings. The van der Waals surface area contributed by atoms with Crippen LogP contribution in [0, 0.1) is 0 Å². The highest BCUT2D eigenvalue weighted by atomic mass is 31.2. The van der Waals surface area contributed by atoms with Crippen molar-refractivity contribution in [2.24, 2.45) is 0 Å². The molecule has 1 aliphatic heterocycles. The molecule has 0 unspecified atom stereocenters. The van der Waals surface area contributed by atoms with Crippen LogP contribution in [0.15, 0.2) is 23.3 Å². The number of phosphoric ester groups is 1. The Labute approximate surface area is 179 Å². The Kier molecular flexibility index (Phi) is 5.41. The van der Waals surface area contributed by atoms with Crippen LogP contribution in [0.2, 0.25) is 0 Å². The Morgan fingerprint density at radius 3 is 2.81 bits per heavy atom. The highest BCUT2D eigenvalue weighted by Crippen LogP contribution is 2.42. The van der Waals surface area contributed by atoms with Crippen molar-refractivity contribution >= 4 is 41.1 Å². The molecule has 3 aromatic rings. The van der Waals surface area contributed by atoms with Gasteiger partial charge in [-0.3, -0.25) is 14.1 Å². The summed E-state index contributed by atoms with van der Waals surface area (Å²) in [5.41, 5.74) is -1.92. The molecule has 1 amide bonds. The lowest BCUT2D eigenvalue weighted by Gasteiger charge is -2.27. The zero-order chi connectivity index (χ0) is 23.4. The molecule has 4 atom stereocenters. The first-order valence-corrected chi connectivity index (χ1v) is 10.8. The van der Waals surface area contributed by atoms with Crippen LogP contribution in [-0.2, 0) is 18.6 Å². The van der Waals surface area contributed by atoms with Gasteiger partial charge in [-0.2, -0.15) is 10.2 Å². The fraction of sp³-hybridized carbons (Fsp3) is 0.412. The second-order valence-corrected chi connectivity index (χ2v) is 8.86. The number of phosphoric acid groups is 1. The summed E-state index contributed by atoms with van der Waals surface area (Å²) in [6.07, 6.45) is -1.48. The first-order valence-electron chi connectivity index (χ1n) is 9.31. The number of nitrogens with one attached hydrogen (secondary N) is 2. The number of H-pyrrole nitrogens is 1. The molecule has 1 saturated heterocycles. The first-order chi connectivity index (χ1) is 14.9. The number of rotatable bonds is 5. The molecule has 0 saturated carbocycles. The van der Waals surface area contributed by atoms with E-state index in [0.717, 1.165) is 0 Å². The van der Waals surface area contributed by atoms with Crippen molar-refractivity contribution in [2.75, 3.05) is 11.9 Å². The summed E-state index contributed by atoms with van der Waals surface area (Å²) in [5, 5.41) is 35.5. The highest BCUT2D eigenvalue weighted by Gasteiger charge is 2.53. The molecule has 0 spiro atoms. The molecule has 0 radical (unpaired) electrons. The van der Waals surface area contributed by atoms with Gasteiger partial charge in [-0.25, -0.2) is 14.3 Å². The third-order valence-electron chi connectivity index (χ3n) is 5.17. The van der Waals surface area contributed by atoms with E-state index in [1.54, 1.807) is 0 Å². The molecular weight excluding hydrogens is 449 g/mol. The van der Waals surface area contributed by atoms with Gasteiger partial charge in [0.15, 0.2) is 6.23 Å². The van der Waals surface area contributed by atoms with Crippen molar-refractivity contribution in [3.05, 3.63) is 28.8 Å². The predicted molar refractivity (Wildman–Crippen MR) is 108 cm³/mol. The lowest BCUT2D eigenvalue weighted by Crippen LogP contribution is -2.44. The molecule has 4 rings (SSSR count). The lowest BCUT2D eigenvalue weighted by atomic mass is 9.97. The Morgan fingerprint density at radius 1 is 1.44 bits per heavy atom. The molecule has 2 aromatic heterocycles. The zero-order valence-corrected chi connectivity index (χ0v) is 17.7. The van der Waals surface area contributed by atoms with Crippen molar-refractivity contribution in [3.8, 4) is 0 Å². The number of aliphatic hydroxyl groups is 2. The summed E-state index contributed by atoms with van der Waals surface area (Å²) >= 11 is 0. The van der Waals surface area contributed by atoms with E-state index in [4.69, 9.17) is 14.5 Å². The number of anilines is 1. The van der Waals surface area contributed by atoms with Crippen LogP contribution < -0.4 is 10.9 Å². The smallest absolute Gasteiger partial charge is 0.387 e. The summed E-state index contributed by atoms with van der Waals surface area (Å²) in [7, 11) is -4.84. The number of hydrogen-bond acceptors (Lipinski definition) is 9. The number of ether oxygens (including phenoxy) is 1. The minimum Gasteiger partial charge on any atom is -0.387 e. The van der Waals surface area contributed by atoms with E-state index in [2.05, 4.69) is 25.1 Å². The number of hydrogen-bond donors (Lipinski definition) is 6.